The number of nitrogens with one attached hydrogen (secondary N) is 2. The monoisotopic (exact) mass is 397 g/mol. The van der Waals surface area contributed by atoms with Crippen molar-refractivity contribution in [3.05, 3.63) is 47.7 Å². The molecule has 1 saturated carbocycles. The minimum Gasteiger partial charge on any atom is -0.454 e. The summed E-state index contributed by atoms with van der Waals surface area (Å²) in [4.78, 5) is 16.6. The van der Waals surface area contributed by atoms with Crippen LogP contribution < -0.4 is 20.5 Å². The lowest BCUT2D eigenvalue weighted by atomic mass is 9.91. The molecule has 0 bridgehead atoms. The van der Waals surface area contributed by atoms with Gasteiger partial charge in [0, 0.05) is 32.0 Å². The molecule has 1 fully saturated rings. The summed E-state index contributed by atoms with van der Waals surface area (Å²) in [5, 5.41) is 4.03. The molecule has 2 aliphatic rings. The van der Waals surface area contributed by atoms with E-state index < -0.39 is 5.41 Å². The summed E-state index contributed by atoms with van der Waals surface area (Å²) in [6, 6.07) is 11.6. The number of nitrogen functional groups attached to an aromatic ring is 1. The highest BCUT2D eigenvalue weighted by Crippen LogP contribution is 2.51. The van der Waals surface area contributed by atoms with Crippen LogP contribution in [0.15, 0.2) is 36.4 Å². The van der Waals surface area contributed by atoms with Crippen LogP contribution in [0.5, 0.6) is 11.5 Å². The molecule has 1 aliphatic carbocycles. The molecule has 1 amide bonds. The van der Waals surface area contributed by atoms with E-state index >= 15 is 0 Å². The van der Waals surface area contributed by atoms with Gasteiger partial charge in [-0.3, -0.25) is 4.79 Å². The van der Waals surface area contributed by atoms with Gasteiger partial charge in [0.2, 0.25) is 12.7 Å². The second kappa shape index (κ2) is 5.92. The fourth-order valence-electron chi connectivity index (χ4n) is 4.10. The Hall–Kier alpha value is -3.15. The number of hydrogen-bond donors (Lipinski definition) is 3. The van der Waals surface area contributed by atoms with Gasteiger partial charge in [0.1, 0.15) is 0 Å². The average molecular weight is 398 g/mol. The highest BCUT2D eigenvalue weighted by atomic mass is 16.7. The summed E-state index contributed by atoms with van der Waals surface area (Å²) in [5.41, 5.74) is 10.3. The molecular weight excluding hydrogens is 366 g/mol. The summed E-state index contributed by atoms with van der Waals surface area (Å²) in [7, 11) is 0. The van der Waals surface area contributed by atoms with Crippen LogP contribution in [0.25, 0.3) is 10.9 Å². The number of ether oxygens (including phenoxy) is 2. The van der Waals surface area contributed by atoms with Crippen LogP contribution in [0.3, 0.4) is 0 Å². The first-order chi connectivity index (χ1) is 13.8. The smallest absolute Gasteiger partial charge is 0.235 e. The van der Waals surface area contributed by atoms with Gasteiger partial charge in [-0.2, -0.15) is 0 Å². The summed E-state index contributed by atoms with van der Waals surface area (Å²) >= 11 is 0. The third-order valence-electron chi connectivity index (χ3n) is 5.96. The number of carbonyl (C=O) groups is 1. The van der Waals surface area contributed by atoms with Gasteiger partial charge in [-0.15, -0.1) is 0 Å². The molecule has 0 spiro atoms. The molecule has 5 rings (SSSR count). The molecule has 0 radical (unpaired) electrons. The normalized spacial score (nSPS) is 16.8. The zero-order valence-corrected chi connectivity index (χ0v) is 16.9. The minimum atomic E-state index is -0.504. The molecule has 4 N–H and O–H groups in total. The number of amides is 1. The Balaban J connectivity index is 0.00000121. The van der Waals surface area contributed by atoms with Gasteiger partial charge in [0.25, 0.3) is 0 Å². The predicted molar refractivity (Wildman–Crippen MR) is 120 cm³/mol. The first-order valence-corrected chi connectivity index (χ1v) is 9.91. The maximum absolute atomic E-state index is 13.2. The summed E-state index contributed by atoms with van der Waals surface area (Å²) in [6.07, 6.45) is 1.64. The van der Waals surface area contributed by atoms with Crippen LogP contribution in [0.2, 0.25) is 0 Å². The van der Waals surface area contributed by atoms with Crippen LogP contribution >= 0.6 is 0 Å². The van der Waals surface area contributed by atoms with Crippen molar-refractivity contribution in [2.24, 2.45) is 0 Å². The van der Waals surface area contributed by atoms with E-state index in [1.165, 1.54) is 0 Å². The van der Waals surface area contributed by atoms with Gasteiger partial charge in [-0.25, -0.2) is 0 Å². The second-order valence-electron chi connectivity index (χ2n) is 9.03. The molecule has 0 saturated heterocycles. The van der Waals surface area contributed by atoms with E-state index in [1.54, 1.807) is 0 Å². The van der Waals surface area contributed by atoms with Crippen molar-refractivity contribution >= 4 is 28.2 Å². The van der Waals surface area contributed by atoms with Gasteiger partial charge < -0.3 is 25.5 Å². The van der Waals surface area contributed by atoms with Gasteiger partial charge in [0.15, 0.2) is 11.5 Å². The third kappa shape index (κ3) is 2.82. The number of benzene rings is 2. The Morgan fingerprint density at radius 1 is 1.14 bits per heavy atom. The minimum absolute atomic E-state index is 0. The standard InChI is InChI=1S/C23H25N3O3.3H2/c1-22(2,3)20-19(24)15-11-14(5-6-16(15)26-20)25-21(27)23(8-9-23)13-4-7-17-18(10-13)29-12-28-17;;;/h4-7,10-11,26H,8-9,12,24H2,1-3H3,(H,25,27);3*1H. The molecule has 156 valence electrons. The molecule has 0 atom stereocenters. The molecule has 6 nitrogen and oxygen atoms in total. The van der Waals surface area contributed by atoms with Crippen molar-refractivity contribution in [2.45, 2.75) is 44.4 Å². The highest BCUT2D eigenvalue weighted by molar-refractivity contribution is 6.04. The van der Waals surface area contributed by atoms with Crippen molar-refractivity contribution in [3.63, 3.8) is 0 Å². The van der Waals surface area contributed by atoms with Crippen molar-refractivity contribution < 1.29 is 18.5 Å². The van der Waals surface area contributed by atoms with Gasteiger partial charge >= 0.3 is 0 Å². The van der Waals surface area contributed by atoms with Crippen molar-refractivity contribution in [1.29, 1.82) is 0 Å². The lowest BCUT2D eigenvalue weighted by Crippen LogP contribution is -2.27. The van der Waals surface area contributed by atoms with E-state index in [4.69, 9.17) is 15.2 Å². The van der Waals surface area contributed by atoms with Crippen molar-refractivity contribution in [1.82, 2.24) is 4.98 Å². The summed E-state index contributed by atoms with van der Waals surface area (Å²) in [5.74, 6) is 1.44. The first kappa shape index (κ1) is 17.9. The Labute approximate surface area is 173 Å². The Kier molecular flexibility index (Phi) is 3.66. The van der Waals surface area contributed by atoms with E-state index in [9.17, 15) is 4.79 Å². The van der Waals surface area contributed by atoms with Crippen LogP contribution in [0, 0.1) is 0 Å². The molecule has 1 aromatic heterocycles. The predicted octanol–water partition coefficient (Wildman–Crippen LogP) is 5.18. The van der Waals surface area contributed by atoms with E-state index in [0.717, 1.165) is 52.1 Å². The van der Waals surface area contributed by atoms with E-state index in [-0.39, 0.29) is 22.4 Å². The van der Waals surface area contributed by atoms with E-state index in [0.29, 0.717) is 5.75 Å². The number of anilines is 2. The molecule has 2 heterocycles. The van der Waals surface area contributed by atoms with Gasteiger partial charge in [-0.1, -0.05) is 26.8 Å². The number of carbonyl (C=O) groups excluding carboxylic acids is 1. The molecule has 0 unspecified atom stereocenters. The van der Waals surface area contributed by atoms with E-state index in [1.807, 2.05) is 36.4 Å². The zero-order chi connectivity index (χ0) is 20.4. The maximum atomic E-state index is 13.2. The highest BCUT2D eigenvalue weighted by Gasteiger charge is 2.51. The Morgan fingerprint density at radius 3 is 2.62 bits per heavy atom. The summed E-state index contributed by atoms with van der Waals surface area (Å²) in [6.45, 7) is 6.60. The fourth-order valence-corrected chi connectivity index (χ4v) is 4.10. The van der Waals surface area contributed by atoms with Crippen LogP contribution in [0.1, 0.15) is 49.2 Å². The number of nitrogens with two attached hydrogens (primary N) is 1. The lowest BCUT2D eigenvalue weighted by Gasteiger charge is -2.17. The number of H-pyrrole nitrogens is 1. The number of aromatic amines is 1. The van der Waals surface area contributed by atoms with Crippen LogP contribution in [0.4, 0.5) is 11.4 Å². The molecule has 2 aromatic carbocycles. The maximum Gasteiger partial charge on any atom is 0.235 e. The second-order valence-corrected chi connectivity index (χ2v) is 9.03. The van der Waals surface area contributed by atoms with Gasteiger partial charge in [-0.05, 0) is 48.7 Å². The SMILES string of the molecule is CC(C)(C)c1[nH]c2ccc(NC(=O)C3(c4ccc5c(c4)OCO5)CC3)cc2c1N.[HH].[HH].[HH]. The first-order valence-electron chi connectivity index (χ1n) is 9.91. The van der Waals surface area contributed by atoms with E-state index in [2.05, 4.69) is 31.1 Å². The quantitative estimate of drug-likeness (QED) is 0.568. The van der Waals surface area contributed by atoms with Crippen LogP contribution in [-0.2, 0) is 15.6 Å². The summed E-state index contributed by atoms with van der Waals surface area (Å²) < 4.78 is 10.9. The largest absolute Gasteiger partial charge is 0.454 e. The average Bonchev–Trinajstić information content (AvgIpc) is 3.24. The Morgan fingerprint density at radius 2 is 1.90 bits per heavy atom. The number of fused-ring (bicyclic) bond motifs is 2. The van der Waals surface area contributed by atoms with Gasteiger partial charge in [0.05, 0.1) is 11.1 Å². The molecule has 29 heavy (non-hydrogen) atoms. The topological polar surface area (TPSA) is 89.4 Å². The Bertz CT molecular complexity index is 1150. The molecule has 1 aliphatic heterocycles. The zero-order valence-electron chi connectivity index (χ0n) is 16.9. The van der Waals surface area contributed by atoms with Crippen LogP contribution in [-0.4, -0.2) is 17.7 Å². The lowest BCUT2D eigenvalue weighted by molar-refractivity contribution is -0.118. The number of aromatic nitrogens is 1. The fraction of sp³-hybridized carbons (Fsp3) is 0.348. The molecular formula is C23H31N3O3. The number of hydrogen-bond acceptors (Lipinski definition) is 4. The number of rotatable bonds is 3. The van der Waals surface area contributed by atoms with Crippen molar-refractivity contribution in [2.75, 3.05) is 17.8 Å². The van der Waals surface area contributed by atoms with Crippen molar-refractivity contribution in [3.8, 4) is 11.5 Å². The molecule has 6 heteroatoms. The molecule has 3 aromatic rings. The third-order valence-corrected chi connectivity index (χ3v) is 5.96.